The van der Waals surface area contributed by atoms with Crippen LogP contribution in [0.1, 0.15) is 53.6 Å². The molecule has 2 aliphatic rings. The van der Waals surface area contributed by atoms with Crippen LogP contribution < -0.4 is 5.73 Å². The molecule has 2 aliphatic heterocycles. The van der Waals surface area contributed by atoms with Crippen LogP contribution in [0.2, 0.25) is 0 Å². The predicted molar refractivity (Wildman–Crippen MR) is 120 cm³/mol. The van der Waals surface area contributed by atoms with E-state index in [-0.39, 0.29) is 18.2 Å². The Morgan fingerprint density at radius 1 is 1.23 bits per heavy atom. The minimum Gasteiger partial charge on any atom is -0.344 e. The molecule has 3 unspecified atom stereocenters. The number of rotatable bonds is 6. The van der Waals surface area contributed by atoms with Crippen LogP contribution in [0.5, 0.6) is 0 Å². The van der Waals surface area contributed by atoms with Crippen molar-refractivity contribution >= 4 is 16.7 Å². The molecule has 30 heavy (non-hydrogen) atoms. The maximum Gasteiger partial charge on any atom is 0.147 e. The van der Waals surface area contributed by atoms with Crippen molar-refractivity contribution in [2.24, 2.45) is 5.73 Å². The molecule has 0 saturated carbocycles. The summed E-state index contributed by atoms with van der Waals surface area (Å²) in [5.74, 6) is 0.208. The molecule has 2 N–H and O–H groups in total. The third kappa shape index (κ3) is 3.17. The van der Waals surface area contributed by atoms with Crippen LogP contribution in [0.3, 0.4) is 0 Å². The van der Waals surface area contributed by atoms with Crippen molar-refractivity contribution in [1.82, 2.24) is 14.5 Å². The first-order chi connectivity index (χ1) is 14.6. The highest BCUT2D eigenvalue weighted by molar-refractivity contribution is 5.87. The van der Waals surface area contributed by atoms with Gasteiger partial charge in [0.15, 0.2) is 0 Å². The lowest BCUT2D eigenvalue weighted by atomic mass is 9.93. The first kappa shape index (κ1) is 19.5. The average Bonchev–Trinajstić information content (AvgIpc) is 3.17. The van der Waals surface area contributed by atoms with E-state index in [2.05, 4.69) is 46.6 Å². The Labute approximate surface area is 177 Å². The number of hydrogen-bond donors (Lipinski definition) is 1. The Hall–Kier alpha value is -2.50. The number of benzene rings is 1. The van der Waals surface area contributed by atoms with Crippen molar-refractivity contribution in [2.45, 2.75) is 57.2 Å². The fraction of sp³-hybridized carbons (Fsp3) is 0.440. The summed E-state index contributed by atoms with van der Waals surface area (Å²) >= 11 is 0. The number of aryl methyl sites for hydroxylation is 1. The Bertz CT molecular complexity index is 1090. The van der Waals surface area contributed by atoms with Gasteiger partial charge in [0.05, 0.1) is 6.54 Å². The standard InChI is InChI=1S/C25H30N4O/c1-16-3-5-22-21(11-16)25-23-6-4-19(28(23)2)13-24(25)29(22)15-18(12-20(30)14-26)17-7-9-27-10-8-17/h3,5,7-11,18-19,23H,4,6,12-15,26H2,1-2H3. The van der Waals surface area contributed by atoms with E-state index in [1.165, 1.54) is 40.6 Å². The van der Waals surface area contributed by atoms with Crippen LogP contribution in [-0.4, -0.2) is 39.9 Å². The summed E-state index contributed by atoms with van der Waals surface area (Å²) in [5.41, 5.74) is 12.4. The van der Waals surface area contributed by atoms with Crippen LogP contribution in [0.15, 0.2) is 42.7 Å². The molecule has 1 fully saturated rings. The van der Waals surface area contributed by atoms with Crippen LogP contribution in [0.4, 0.5) is 0 Å². The average molecular weight is 403 g/mol. The molecule has 2 bridgehead atoms. The Balaban J connectivity index is 1.63. The molecule has 0 radical (unpaired) electrons. The highest BCUT2D eigenvalue weighted by Crippen LogP contribution is 2.47. The monoisotopic (exact) mass is 402 g/mol. The van der Waals surface area contributed by atoms with Gasteiger partial charge in [-0.25, -0.2) is 0 Å². The number of fused-ring (bicyclic) bond motifs is 6. The van der Waals surface area contributed by atoms with Crippen LogP contribution in [0.25, 0.3) is 10.9 Å². The zero-order chi connectivity index (χ0) is 20.8. The second-order valence-electron chi connectivity index (χ2n) is 9.03. The number of carbonyl (C=O) groups is 1. The van der Waals surface area contributed by atoms with Crippen LogP contribution in [0, 0.1) is 6.92 Å². The predicted octanol–water partition coefficient (Wildman–Crippen LogP) is 3.74. The zero-order valence-corrected chi connectivity index (χ0v) is 17.8. The summed E-state index contributed by atoms with van der Waals surface area (Å²) in [6.45, 7) is 3.07. The minimum absolute atomic E-state index is 0.0975. The van der Waals surface area contributed by atoms with Gasteiger partial charge >= 0.3 is 0 Å². The van der Waals surface area contributed by atoms with Crippen molar-refractivity contribution in [3.8, 4) is 0 Å². The van der Waals surface area contributed by atoms with Crippen LogP contribution in [-0.2, 0) is 17.8 Å². The van der Waals surface area contributed by atoms with Gasteiger partial charge in [-0.05, 0) is 62.2 Å². The van der Waals surface area contributed by atoms with E-state index in [0.29, 0.717) is 18.5 Å². The van der Waals surface area contributed by atoms with E-state index < -0.39 is 0 Å². The third-order valence-electron chi connectivity index (χ3n) is 7.26. The quantitative estimate of drug-likeness (QED) is 0.682. The zero-order valence-electron chi connectivity index (χ0n) is 17.8. The normalized spacial score (nSPS) is 21.7. The molecule has 5 heteroatoms. The fourth-order valence-electron chi connectivity index (χ4n) is 5.68. The number of nitrogens with zero attached hydrogens (tertiary/aromatic N) is 3. The number of ketones is 1. The summed E-state index contributed by atoms with van der Waals surface area (Å²) in [5, 5.41) is 1.39. The molecular weight excluding hydrogens is 372 g/mol. The second-order valence-corrected chi connectivity index (χ2v) is 9.03. The van der Waals surface area contributed by atoms with Crippen molar-refractivity contribution < 1.29 is 4.79 Å². The number of pyridine rings is 1. The van der Waals surface area contributed by atoms with E-state index in [9.17, 15) is 4.79 Å². The molecule has 3 atom stereocenters. The number of hydrogen-bond acceptors (Lipinski definition) is 4. The number of aromatic nitrogens is 2. The van der Waals surface area contributed by atoms with Gasteiger partial charge in [0.2, 0.25) is 0 Å². The van der Waals surface area contributed by atoms with Crippen molar-refractivity contribution in [2.75, 3.05) is 13.6 Å². The summed E-state index contributed by atoms with van der Waals surface area (Å²) in [6, 6.07) is 12.0. The van der Waals surface area contributed by atoms with Gasteiger partial charge in [0, 0.05) is 66.4 Å². The molecule has 4 heterocycles. The molecule has 156 valence electrons. The Kier molecular flexibility index (Phi) is 4.95. The fourth-order valence-corrected chi connectivity index (χ4v) is 5.68. The number of carbonyl (C=O) groups excluding carboxylic acids is 1. The number of Topliss-reactive ketones (excluding diaryl/α,β-unsaturated/α-hetero) is 1. The topological polar surface area (TPSA) is 64.1 Å². The minimum atomic E-state index is 0.0975. The molecular formula is C25H30N4O. The second kappa shape index (κ2) is 7.64. The Morgan fingerprint density at radius 3 is 2.80 bits per heavy atom. The van der Waals surface area contributed by atoms with Gasteiger partial charge in [-0.3, -0.25) is 14.7 Å². The number of nitrogens with two attached hydrogens (primary N) is 1. The molecule has 5 nitrogen and oxygen atoms in total. The summed E-state index contributed by atoms with van der Waals surface area (Å²) in [6.07, 6.45) is 7.69. The van der Waals surface area contributed by atoms with Crippen LogP contribution >= 0.6 is 0 Å². The first-order valence-electron chi connectivity index (χ1n) is 11.0. The smallest absolute Gasteiger partial charge is 0.147 e. The van der Waals surface area contributed by atoms with Gasteiger partial charge < -0.3 is 10.3 Å². The van der Waals surface area contributed by atoms with Gasteiger partial charge in [0.25, 0.3) is 0 Å². The van der Waals surface area contributed by atoms with Gasteiger partial charge in [-0.2, -0.15) is 0 Å². The highest BCUT2D eigenvalue weighted by Gasteiger charge is 2.41. The summed E-state index contributed by atoms with van der Waals surface area (Å²) in [4.78, 5) is 19.1. The molecule has 1 saturated heterocycles. The summed E-state index contributed by atoms with van der Waals surface area (Å²) < 4.78 is 2.51. The lowest BCUT2D eigenvalue weighted by molar-refractivity contribution is -0.118. The largest absolute Gasteiger partial charge is 0.344 e. The Morgan fingerprint density at radius 2 is 2.03 bits per heavy atom. The highest BCUT2D eigenvalue weighted by atomic mass is 16.1. The molecule has 0 amide bonds. The third-order valence-corrected chi connectivity index (χ3v) is 7.26. The molecule has 3 aromatic rings. The van der Waals surface area contributed by atoms with E-state index in [1.54, 1.807) is 0 Å². The lowest BCUT2D eigenvalue weighted by Gasteiger charge is -2.33. The van der Waals surface area contributed by atoms with Gasteiger partial charge in [0.1, 0.15) is 5.78 Å². The van der Waals surface area contributed by atoms with E-state index >= 15 is 0 Å². The molecule has 0 aliphatic carbocycles. The summed E-state index contributed by atoms with van der Waals surface area (Å²) in [7, 11) is 2.28. The van der Waals surface area contributed by atoms with Crippen molar-refractivity contribution in [1.29, 1.82) is 0 Å². The van der Waals surface area contributed by atoms with Crippen molar-refractivity contribution in [3.63, 3.8) is 0 Å². The van der Waals surface area contributed by atoms with E-state index in [1.807, 2.05) is 24.5 Å². The lowest BCUT2D eigenvalue weighted by Crippen LogP contribution is -2.35. The van der Waals surface area contributed by atoms with Gasteiger partial charge in [-0.15, -0.1) is 0 Å². The first-order valence-corrected chi connectivity index (χ1v) is 11.0. The number of likely N-dealkylation sites (N-methyl/N-ethyl adjacent to an activating group) is 1. The maximum atomic E-state index is 12.3. The van der Waals surface area contributed by atoms with E-state index in [0.717, 1.165) is 18.5 Å². The molecule has 2 aromatic heterocycles. The molecule has 1 aromatic carbocycles. The van der Waals surface area contributed by atoms with E-state index in [4.69, 9.17) is 5.73 Å². The van der Waals surface area contributed by atoms with Crippen molar-refractivity contribution in [3.05, 3.63) is 65.1 Å². The maximum absolute atomic E-state index is 12.3. The molecule has 0 spiro atoms. The van der Waals surface area contributed by atoms with Gasteiger partial charge in [-0.1, -0.05) is 11.6 Å². The molecule has 5 rings (SSSR count). The SMILES string of the molecule is Cc1ccc2c(c1)c1c(n2CC(CC(=O)CN)c2ccncc2)CC2CCC1N2C.